The number of hydrogen-bond acceptors (Lipinski definition) is 3. The summed E-state index contributed by atoms with van der Waals surface area (Å²) in [6.07, 6.45) is 1.59. The molecule has 5 heteroatoms. The summed E-state index contributed by atoms with van der Waals surface area (Å²) in [4.78, 5) is 21.4. The molecule has 0 N–H and O–H groups in total. The molecule has 3 aromatic carbocycles. The lowest BCUT2D eigenvalue weighted by Gasteiger charge is -2.48. The van der Waals surface area contributed by atoms with Crippen LogP contribution in [0.5, 0.6) is 0 Å². The molecule has 190 valence electrons. The van der Waals surface area contributed by atoms with Crippen LogP contribution in [0.2, 0.25) is 0 Å². The number of likely N-dealkylation sites (N-methyl/N-ethyl adjacent to an activating group) is 1. The molecule has 5 rings (SSSR count). The number of amides is 1. The molecule has 4 nitrogen and oxygen atoms in total. The maximum absolute atomic E-state index is 14.4. The van der Waals surface area contributed by atoms with Crippen LogP contribution in [0.4, 0.5) is 0 Å². The van der Waals surface area contributed by atoms with E-state index in [4.69, 9.17) is 0 Å². The summed E-state index contributed by atoms with van der Waals surface area (Å²) >= 11 is 0. The maximum atomic E-state index is 14.4. The van der Waals surface area contributed by atoms with E-state index in [2.05, 4.69) is 103 Å². The number of nitrogens with zero attached hydrogens (tertiary/aromatic N) is 3. The average Bonchev–Trinajstić information content (AvgIpc) is 3.33. The first-order valence-electron chi connectivity index (χ1n) is 12.9. The maximum Gasteiger partial charge on any atom is 0.244 e. The Labute approximate surface area is 222 Å². The van der Waals surface area contributed by atoms with Crippen molar-refractivity contribution in [2.75, 3.05) is 33.2 Å². The van der Waals surface area contributed by atoms with E-state index in [1.165, 1.54) is 22.3 Å². The second-order valence-corrected chi connectivity index (χ2v) is 10.3. The van der Waals surface area contributed by atoms with Gasteiger partial charge in [-0.15, -0.1) is 12.4 Å². The Morgan fingerprint density at radius 3 is 1.75 bits per heavy atom. The molecular weight excluding hydrogens is 466 g/mol. The van der Waals surface area contributed by atoms with Crippen LogP contribution < -0.4 is 0 Å². The number of hydrogen-bond donors (Lipinski definition) is 0. The monoisotopic (exact) mass is 503 g/mol. The van der Waals surface area contributed by atoms with E-state index in [9.17, 15) is 4.79 Å². The molecule has 2 aliphatic rings. The van der Waals surface area contributed by atoms with Gasteiger partial charge in [0.1, 0.15) is 5.54 Å². The van der Waals surface area contributed by atoms with Gasteiger partial charge in [0.05, 0.1) is 6.04 Å². The topological polar surface area (TPSA) is 26.8 Å². The summed E-state index contributed by atoms with van der Waals surface area (Å²) in [5, 5.41) is 0. The van der Waals surface area contributed by atoms with Gasteiger partial charge in [-0.1, -0.05) is 84.9 Å². The number of fused-ring (bicyclic) bond motifs is 1. The molecule has 1 aliphatic heterocycles. The van der Waals surface area contributed by atoms with Crippen molar-refractivity contribution in [2.24, 2.45) is 0 Å². The molecule has 1 aliphatic carbocycles. The highest BCUT2D eigenvalue weighted by atomic mass is 35.5. The number of halogens is 1. The van der Waals surface area contributed by atoms with Gasteiger partial charge in [0.2, 0.25) is 5.91 Å². The summed E-state index contributed by atoms with van der Waals surface area (Å²) in [6, 6.07) is 30.2. The van der Waals surface area contributed by atoms with Crippen LogP contribution in [-0.2, 0) is 17.6 Å². The molecule has 0 radical (unpaired) electrons. The van der Waals surface area contributed by atoms with Crippen molar-refractivity contribution >= 4 is 18.3 Å². The molecule has 36 heavy (non-hydrogen) atoms. The molecule has 0 spiro atoms. The fraction of sp³-hybridized carbons (Fsp3) is 0.387. The van der Waals surface area contributed by atoms with Crippen molar-refractivity contribution in [2.45, 2.75) is 44.3 Å². The van der Waals surface area contributed by atoms with Gasteiger partial charge >= 0.3 is 0 Å². The Morgan fingerprint density at radius 2 is 1.22 bits per heavy atom. The predicted octanol–water partition coefficient (Wildman–Crippen LogP) is 5.54. The highest BCUT2D eigenvalue weighted by molar-refractivity contribution is 5.88. The molecule has 0 saturated carbocycles. The van der Waals surface area contributed by atoms with E-state index in [0.717, 1.165) is 39.0 Å². The molecule has 0 aromatic heterocycles. The second-order valence-electron chi connectivity index (χ2n) is 10.3. The number of carbonyl (C=O) groups excluding carboxylic acids is 1. The van der Waals surface area contributed by atoms with Gasteiger partial charge < -0.3 is 4.90 Å². The molecule has 2 atom stereocenters. The third-order valence-electron chi connectivity index (χ3n) is 8.41. The van der Waals surface area contributed by atoms with Crippen molar-refractivity contribution < 1.29 is 4.79 Å². The minimum absolute atomic E-state index is 0. The molecule has 0 unspecified atom stereocenters. The van der Waals surface area contributed by atoms with Gasteiger partial charge in [-0.05, 0) is 36.1 Å². The van der Waals surface area contributed by atoms with Gasteiger partial charge in [-0.3, -0.25) is 14.6 Å². The lowest BCUT2D eigenvalue weighted by Crippen LogP contribution is -2.64. The SMILES string of the molecule is C[C@@H](c1ccccc1)N1CCN(C2(C(=O)N(C)[C@@H](C)c3ccccc3)Cc3ccccc3C2)CC1.Cl. The fourth-order valence-electron chi connectivity index (χ4n) is 6.04. The summed E-state index contributed by atoms with van der Waals surface area (Å²) < 4.78 is 0. The van der Waals surface area contributed by atoms with Crippen LogP contribution in [0.15, 0.2) is 84.9 Å². The van der Waals surface area contributed by atoms with E-state index >= 15 is 0 Å². The van der Waals surface area contributed by atoms with Crippen LogP contribution in [-0.4, -0.2) is 59.4 Å². The van der Waals surface area contributed by atoms with Gasteiger partial charge in [0.15, 0.2) is 0 Å². The smallest absolute Gasteiger partial charge is 0.244 e. The Balaban J connectivity index is 0.00000304. The van der Waals surface area contributed by atoms with E-state index in [1.807, 2.05) is 18.0 Å². The first-order chi connectivity index (χ1) is 17.0. The predicted molar refractivity (Wildman–Crippen MR) is 149 cm³/mol. The molecule has 3 aromatic rings. The van der Waals surface area contributed by atoms with Gasteiger partial charge in [0.25, 0.3) is 0 Å². The Morgan fingerprint density at radius 1 is 0.750 bits per heavy atom. The summed E-state index contributed by atoms with van der Waals surface area (Å²) in [7, 11) is 1.98. The second kappa shape index (κ2) is 11.2. The summed E-state index contributed by atoms with van der Waals surface area (Å²) in [5.41, 5.74) is 4.67. The van der Waals surface area contributed by atoms with Crippen molar-refractivity contribution in [1.82, 2.24) is 14.7 Å². The zero-order valence-corrected chi connectivity index (χ0v) is 22.5. The van der Waals surface area contributed by atoms with E-state index in [1.54, 1.807) is 0 Å². The van der Waals surface area contributed by atoms with Crippen molar-refractivity contribution in [3.05, 3.63) is 107 Å². The fourth-order valence-corrected chi connectivity index (χ4v) is 6.04. The van der Waals surface area contributed by atoms with Crippen LogP contribution in [0.3, 0.4) is 0 Å². The van der Waals surface area contributed by atoms with Crippen LogP contribution >= 0.6 is 12.4 Å². The van der Waals surface area contributed by atoms with Gasteiger partial charge in [-0.2, -0.15) is 0 Å². The normalized spacial score (nSPS) is 19.1. The van der Waals surface area contributed by atoms with Crippen molar-refractivity contribution in [3.63, 3.8) is 0 Å². The highest BCUT2D eigenvalue weighted by Gasteiger charge is 2.50. The van der Waals surface area contributed by atoms with Crippen molar-refractivity contribution in [3.8, 4) is 0 Å². The standard InChI is InChI=1S/C31H37N3O.ClH/c1-24(26-12-6-4-7-13-26)32(3)30(35)31(22-28-16-10-11-17-29(28)23-31)34-20-18-33(19-21-34)25(2)27-14-8-5-9-15-27;/h4-17,24-25H,18-23H2,1-3H3;1H/t24-,25-;/m0./s1. The van der Waals surface area contributed by atoms with Crippen LogP contribution in [0, 0.1) is 0 Å². The molecule has 1 heterocycles. The van der Waals surface area contributed by atoms with E-state index < -0.39 is 5.54 Å². The first kappa shape index (κ1) is 26.4. The van der Waals surface area contributed by atoms with Gasteiger partial charge in [-0.25, -0.2) is 0 Å². The summed E-state index contributed by atoms with van der Waals surface area (Å²) in [6.45, 7) is 8.20. The Bertz CT molecular complexity index is 1120. The third-order valence-corrected chi connectivity index (χ3v) is 8.41. The molecule has 1 saturated heterocycles. The van der Waals surface area contributed by atoms with Crippen LogP contribution in [0.1, 0.15) is 48.2 Å². The largest absolute Gasteiger partial charge is 0.337 e. The number of benzene rings is 3. The molecule has 0 bridgehead atoms. The zero-order valence-electron chi connectivity index (χ0n) is 21.6. The average molecular weight is 504 g/mol. The molecular formula is C31H38ClN3O. The third kappa shape index (κ3) is 4.95. The first-order valence-corrected chi connectivity index (χ1v) is 12.9. The van der Waals surface area contributed by atoms with E-state index in [0.29, 0.717) is 6.04 Å². The number of rotatable bonds is 6. The molecule has 1 fully saturated rings. The van der Waals surface area contributed by atoms with Gasteiger partial charge in [0, 0.05) is 52.1 Å². The molecule has 1 amide bonds. The number of piperazine rings is 1. The minimum atomic E-state index is -0.510. The highest BCUT2D eigenvalue weighted by Crippen LogP contribution is 2.38. The van der Waals surface area contributed by atoms with E-state index in [-0.39, 0.29) is 24.4 Å². The van der Waals surface area contributed by atoms with Crippen LogP contribution in [0.25, 0.3) is 0 Å². The number of carbonyl (C=O) groups is 1. The Kier molecular flexibility index (Phi) is 8.19. The quantitative estimate of drug-likeness (QED) is 0.441. The minimum Gasteiger partial charge on any atom is -0.337 e. The summed E-state index contributed by atoms with van der Waals surface area (Å²) in [5.74, 6) is 0.245. The van der Waals surface area contributed by atoms with Crippen molar-refractivity contribution in [1.29, 1.82) is 0 Å². The Hall–Kier alpha value is -2.66. The lowest BCUT2D eigenvalue weighted by molar-refractivity contribution is -0.146. The zero-order chi connectivity index (χ0) is 24.4. The lowest BCUT2D eigenvalue weighted by atomic mass is 9.89.